The van der Waals surface area contributed by atoms with Crippen LogP contribution in [0.2, 0.25) is 0 Å². The van der Waals surface area contributed by atoms with E-state index in [-0.39, 0.29) is 18.9 Å². The van der Waals surface area contributed by atoms with Crippen LogP contribution in [0.15, 0.2) is 0 Å². The first-order valence-corrected chi connectivity index (χ1v) is 4.80. The van der Waals surface area contributed by atoms with Crippen molar-refractivity contribution < 1.29 is 14.7 Å². The molecule has 0 saturated heterocycles. The largest absolute Gasteiger partial charge is 0.480 e. The Kier molecular flexibility index (Phi) is 3.88. The number of carboxylic acid groups (broad SMARTS) is 1. The van der Waals surface area contributed by atoms with E-state index in [0.29, 0.717) is 12.5 Å². The lowest BCUT2D eigenvalue weighted by Crippen LogP contribution is -2.34. The molecule has 0 aliphatic heterocycles. The van der Waals surface area contributed by atoms with Gasteiger partial charge in [0.2, 0.25) is 5.91 Å². The van der Waals surface area contributed by atoms with Crippen LogP contribution >= 0.6 is 0 Å². The van der Waals surface area contributed by atoms with Crippen molar-refractivity contribution in [3.05, 3.63) is 0 Å². The zero-order chi connectivity index (χ0) is 10.6. The molecule has 1 aliphatic rings. The second kappa shape index (κ2) is 4.95. The van der Waals surface area contributed by atoms with E-state index in [0.717, 1.165) is 6.54 Å². The number of amides is 1. The SMILES string of the molecule is NC(=O)CCN(CC(=O)O)CC1CC1. The molecule has 0 aromatic carbocycles. The van der Waals surface area contributed by atoms with Crippen molar-refractivity contribution in [1.29, 1.82) is 0 Å². The number of hydrogen-bond donors (Lipinski definition) is 2. The van der Waals surface area contributed by atoms with E-state index in [2.05, 4.69) is 0 Å². The molecule has 1 saturated carbocycles. The minimum Gasteiger partial charge on any atom is -0.480 e. The Morgan fingerprint density at radius 2 is 2.07 bits per heavy atom. The molecule has 14 heavy (non-hydrogen) atoms. The molecule has 1 fully saturated rings. The summed E-state index contributed by atoms with van der Waals surface area (Å²) in [7, 11) is 0. The summed E-state index contributed by atoms with van der Waals surface area (Å²) < 4.78 is 0. The summed E-state index contributed by atoms with van der Waals surface area (Å²) in [6.07, 6.45) is 2.58. The first-order chi connectivity index (χ1) is 6.58. The van der Waals surface area contributed by atoms with Crippen molar-refractivity contribution in [3.63, 3.8) is 0 Å². The lowest BCUT2D eigenvalue weighted by Gasteiger charge is -2.18. The predicted octanol–water partition coefficient (Wildman–Crippen LogP) is -0.342. The topological polar surface area (TPSA) is 83.6 Å². The van der Waals surface area contributed by atoms with Crippen molar-refractivity contribution in [2.75, 3.05) is 19.6 Å². The summed E-state index contributed by atoms with van der Waals surface area (Å²) in [6.45, 7) is 1.24. The Bertz CT molecular complexity index is 226. The third-order valence-electron chi connectivity index (χ3n) is 2.25. The first kappa shape index (κ1) is 11.0. The van der Waals surface area contributed by atoms with Crippen LogP contribution < -0.4 is 5.73 Å². The van der Waals surface area contributed by atoms with E-state index in [1.165, 1.54) is 12.8 Å². The standard InChI is InChI=1S/C9H16N2O3/c10-8(12)3-4-11(6-9(13)14)5-7-1-2-7/h7H,1-6H2,(H2,10,12)(H,13,14). The summed E-state index contributed by atoms with van der Waals surface area (Å²) in [5.41, 5.74) is 5.00. The number of carbonyl (C=O) groups excluding carboxylic acids is 1. The molecule has 1 aliphatic carbocycles. The number of aliphatic carboxylic acids is 1. The molecule has 3 N–H and O–H groups in total. The average molecular weight is 200 g/mol. The Hall–Kier alpha value is -1.10. The van der Waals surface area contributed by atoms with Crippen LogP contribution in [-0.4, -0.2) is 41.5 Å². The number of carbonyl (C=O) groups is 2. The number of hydrogen-bond acceptors (Lipinski definition) is 3. The van der Waals surface area contributed by atoms with E-state index >= 15 is 0 Å². The number of rotatable bonds is 7. The Balaban J connectivity index is 2.26. The van der Waals surface area contributed by atoms with Gasteiger partial charge in [0.1, 0.15) is 0 Å². The molecular formula is C9H16N2O3. The molecule has 0 bridgehead atoms. The molecule has 0 unspecified atom stereocenters. The monoisotopic (exact) mass is 200 g/mol. The van der Waals surface area contributed by atoms with Crippen LogP contribution in [-0.2, 0) is 9.59 Å². The second-order valence-corrected chi connectivity index (χ2v) is 3.79. The van der Waals surface area contributed by atoms with Crippen molar-refractivity contribution >= 4 is 11.9 Å². The molecule has 0 atom stereocenters. The molecule has 0 heterocycles. The Labute approximate surface area is 82.9 Å². The molecule has 0 aromatic heterocycles. The average Bonchev–Trinajstić information content (AvgIpc) is 2.83. The molecule has 1 rings (SSSR count). The van der Waals surface area contributed by atoms with E-state index < -0.39 is 5.97 Å². The van der Waals surface area contributed by atoms with E-state index in [9.17, 15) is 9.59 Å². The summed E-state index contributed by atoms with van der Waals surface area (Å²) in [5.74, 6) is -0.603. The summed E-state index contributed by atoms with van der Waals surface area (Å²) >= 11 is 0. The van der Waals surface area contributed by atoms with Gasteiger partial charge in [-0.15, -0.1) is 0 Å². The number of primary amides is 1. The Morgan fingerprint density at radius 1 is 1.43 bits per heavy atom. The maximum absolute atomic E-state index is 10.5. The predicted molar refractivity (Wildman–Crippen MR) is 50.6 cm³/mol. The highest BCUT2D eigenvalue weighted by atomic mass is 16.4. The molecule has 0 radical (unpaired) electrons. The zero-order valence-electron chi connectivity index (χ0n) is 8.11. The van der Waals surface area contributed by atoms with Crippen molar-refractivity contribution in [1.82, 2.24) is 4.90 Å². The van der Waals surface area contributed by atoms with Gasteiger partial charge in [-0.2, -0.15) is 0 Å². The maximum atomic E-state index is 10.5. The maximum Gasteiger partial charge on any atom is 0.317 e. The molecular weight excluding hydrogens is 184 g/mol. The minimum atomic E-state index is -0.852. The molecule has 1 amide bonds. The highest BCUT2D eigenvalue weighted by Crippen LogP contribution is 2.29. The lowest BCUT2D eigenvalue weighted by molar-refractivity contribution is -0.138. The summed E-state index contributed by atoms with van der Waals surface area (Å²) in [5, 5.41) is 8.62. The van der Waals surface area contributed by atoms with Crippen LogP contribution in [0.4, 0.5) is 0 Å². The fourth-order valence-corrected chi connectivity index (χ4v) is 1.36. The second-order valence-electron chi connectivity index (χ2n) is 3.79. The number of nitrogens with zero attached hydrogens (tertiary/aromatic N) is 1. The fraction of sp³-hybridized carbons (Fsp3) is 0.778. The van der Waals surface area contributed by atoms with Crippen molar-refractivity contribution in [3.8, 4) is 0 Å². The molecule has 5 heteroatoms. The summed E-state index contributed by atoms with van der Waals surface area (Å²) in [4.78, 5) is 22.8. The first-order valence-electron chi connectivity index (χ1n) is 4.80. The minimum absolute atomic E-state index is 0.00375. The van der Waals surface area contributed by atoms with Crippen molar-refractivity contribution in [2.45, 2.75) is 19.3 Å². The van der Waals surface area contributed by atoms with Gasteiger partial charge in [0.15, 0.2) is 0 Å². The van der Waals surface area contributed by atoms with Gasteiger partial charge >= 0.3 is 5.97 Å². The fourth-order valence-electron chi connectivity index (χ4n) is 1.36. The highest BCUT2D eigenvalue weighted by molar-refractivity contribution is 5.74. The summed E-state index contributed by atoms with van der Waals surface area (Å²) in [6, 6.07) is 0. The van der Waals surface area contributed by atoms with Crippen molar-refractivity contribution in [2.24, 2.45) is 11.7 Å². The van der Waals surface area contributed by atoms with E-state index in [4.69, 9.17) is 10.8 Å². The third kappa shape index (κ3) is 4.81. The van der Waals surface area contributed by atoms with Gasteiger partial charge in [-0.25, -0.2) is 0 Å². The molecule has 0 spiro atoms. The van der Waals surface area contributed by atoms with Gasteiger partial charge in [0, 0.05) is 19.5 Å². The van der Waals surface area contributed by atoms with Gasteiger partial charge in [-0.1, -0.05) is 0 Å². The number of nitrogens with two attached hydrogens (primary N) is 1. The van der Waals surface area contributed by atoms with Gasteiger partial charge in [0.25, 0.3) is 0 Å². The van der Waals surface area contributed by atoms with Gasteiger partial charge < -0.3 is 10.8 Å². The van der Waals surface area contributed by atoms with Gasteiger partial charge in [-0.05, 0) is 18.8 Å². The van der Waals surface area contributed by atoms with Crippen LogP contribution in [0.3, 0.4) is 0 Å². The smallest absolute Gasteiger partial charge is 0.317 e. The Morgan fingerprint density at radius 3 is 2.50 bits per heavy atom. The zero-order valence-corrected chi connectivity index (χ0v) is 8.11. The highest BCUT2D eigenvalue weighted by Gasteiger charge is 2.25. The normalized spacial score (nSPS) is 15.8. The van der Waals surface area contributed by atoms with Crippen LogP contribution in [0.1, 0.15) is 19.3 Å². The third-order valence-corrected chi connectivity index (χ3v) is 2.25. The van der Waals surface area contributed by atoms with Crippen LogP contribution in [0, 0.1) is 5.92 Å². The van der Waals surface area contributed by atoms with E-state index in [1.807, 2.05) is 0 Å². The molecule has 0 aromatic rings. The van der Waals surface area contributed by atoms with Crippen LogP contribution in [0.25, 0.3) is 0 Å². The lowest BCUT2D eigenvalue weighted by atomic mass is 10.3. The quantitative estimate of drug-likeness (QED) is 0.588. The van der Waals surface area contributed by atoms with Crippen LogP contribution in [0.5, 0.6) is 0 Å². The van der Waals surface area contributed by atoms with E-state index in [1.54, 1.807) is 4.90 Å². The molecule has 80 valence electrons. The van der Waals surface area contributed by atoms with Gasteiger partial charge in [-0.3, -0.25) is 14.5 Å². The number of carboxylic acids is 1. The molecule has 5 nitrogen and oxygen atoms in total. The van der Waals surface area contributed by atoms with Gasteiger partial charge in [0.05, 0.1) is 6.54 Å².